The molecule has 1 aliphatic rings. The summed E-state index contributed by atoms with van der Waals surface area (Å²) in [4.78, 5) is 4.71. The molecule has 0 saturated carbocycles. The third-order valence-corrected chi connectivity index (χ3v) is 3.53. The van der Waals surface area contributed by atoms with Gasteiger partial charge in [-0.25, -0.2) is 0 Å². The zero-order valence-electron chi connectivity index (χ0n) is 12.1. The maximum atomic E-state index is 5.74. The smallest absolute Gasteiger partial charge is 0.0884 e. The fraction of sp³-hybridized carbons (Fsp3) is 0.438. The number of nitrogen functional groups attached to an aromatic ring is 1. The molecule has 19 heavy (non-hydrogen) atoms. The van der Waals surface area contributed by atoms with Crippen LogP contribution in [-0.4, -0.2) is 43.9 Å². The first-order valence-corrected chi connectivity index (χ1v) is 6.77. The number of benzene rings is 1. The first-order valence-electron chi connectivity index (χ1n) is 6.77. The Bertz CT molecular complexity index is 466. The minimum Gasteiger partial charge on any atom is -0.399 e. The summed E-state index contributed by atoms with van der Waals surface area (Å²) >= 11 is 0. The number of hydrogen-bond acceptors (Lipinski definition) is 2. The van der Waals surface area contributed by atoms with Crippen LogP contribution in [-0.2, 0) is 6.42 Å². The summed E-state index contributed by atoms with van der Waals surface area (Å²) in [5, 5.41) is 0. The Morgan fingerprint density at radius 1 is 1.16 bits per heavy atom. The standard InChI is InChI=1S/C16H24N3/c1-19(2,3)12-10-16(9-4-11-18-16)13-14-5-7-15(17)8-6-14/h4-9,11H,10,12-13,17H2,1-3H3/q+1. The topological polar surface area (TPSA) is 38.4 Å². The number of rotatable bonds is 5. The second-order valence-corrected chi connectivity index (χ2v) is 6.42. The summed E-state index contributed by atoms with van der Waals surface area (Å²) in [6.07, 6.45) is 8.23. The molecule has 0 saturated heterocycles. The SMILES string of the molecule is C[N+](C)(C)CCC1(Cc2ccc(N)cc2)C=CC=N1. The molecule has 0 radical (unpaired) electrons. The van der Waals surface area contributed by atoms with Crippen LogP contribution >= 0.6 is 0 Å². The lowest BCUT2D eigenvalue weighted by atomic mass is 9.88. The lowest BCUT2D eigenvalue weighted by molar-refractivity contribution is -0.870. The van der Waals surface area contributed by atoms with Crippen molar-refractivity contribution in [2.24, 2.45) is 4.99 Å². The van der Waals surface area contributed by atoms with Crippen LogP contribution in [0, 0.1) is 0 Å². The van der Waals surface area contributed by atoms with Crippen molar-refractivity contribution in [1.82, 2.24) is 0 Å². The highest BCUT2D eigenvalue weighted by molar-refractivity contribution is 5.75. The average Bonchev–Trinajstić information content (AvgIpc) is 2.78. The van der Waals surface area contributed by atoms with E-state index in [1.165, 1.54) is 5.56 Å². The maximum Gasteiger partial charge on any atom is 0.0884 e. The van der Waals surface area contributed by atoms with Gasteiger partial charge in [-0.3, -0.25) is 4.99 Å². The van der Waals surface area contributed by atoms with Crippen molar-refractivity contribution in [3.8, 4) is 0 Å². The van der Waals surface area contributed by atoms with E-state index in [0.717, 1.165) is 29.6 Å². The van der Waals surface area contributed by atoms with E-state index < -0.39 is 0 Å². The molecular formula is C16H24N3+. The molecule has 0 fully saturated rings. The number of allylic oxidation sites excluding steroid dienone is 1. The summed E-state index contributed by atoms with van der Waals surface area (Å²) in [5.74, 6) is 0. The van der Waals surface area contributed by atoms with Gasteiger partial charge in [-0.1, -0.05) is 18.2 Å². The monoisotopic (exact) mass is 258 g/mol. The molecule has 1 unspecified atom stereocenters. The van der Waals surface area contributed by atoms with E-state index in [0.29, 0.717) is 0 Å². The van der Waals surface area contributed by atoms with E-state index in [-0.39, 0.29) is 5.54 Å². The van der Waals surface area contributed by atoms with Crippen molar-refractivity contribution in [1.29, 1.82) is 0 Å². The van der Waals surface area contributed by atoms with Gasteiger partial charge in [0.05, 0.1) is 33.2 Å². The van der Waals surface area contributed by atoms with Crippen LogP contribution in [0.4, 0.5) is 5.69 Å². The zero-order chi connectivity index (χ0) is 13.9. The number of hydrogen-bond donors (Lipinski definition) is 1. The predicted molar refractivity (Wildman–Crippen MR) is 82.4 cm³/mol. The van der Waals surface area contributed by atoms with E-state index in [1.807, 2.05) is 18.3 Å². The summed E-state index contributed by atoms with van der Waals surface area (Å²) < 4.78 is 0.965. The second kappa shape index (κ2) is 5.17. The van der Waals surface area contributed by atoms with Crippen LogP contribution in [0.1, 0.15) is 12.0 Å². The second-order valence-electron chi connectivity index (χ2n) is 6.42. The molecule has 0 bridgehead atoms. The molecule has 0 aromatic heterocycles. The molecule has 1 atom stereocenters. The normalized spacial score (nSPS) is 22.1. The highest BCUT2D eigenvalue weighted by Gasteiger charge is 2.30. The first kappa shape index (κ1) is 13.8. The molecule has 2 N–H and O–H groups in total. The Labute approximate surface area is 116 Å². The van der Waals surface area contributed by atoms with Crippen LogP contribution < -0.4 is 5.73 Å². The number of quaternary nitrogens is 1. The minimum absolute atomic E-state index is 0.0678. The van der Waals surface area contributed by atoms with Crippen LogP contribution in [0.3, 0.4) is 0 Å². The van der Waals surface area contributed by atoms with Crippen molar-refractivity contribution in [2.75, 3.05) is 33.4 Å². The molecule has 0 amide bonds. The Kier molecular flexibility index (Phi) is 3.76. The van der Waals surface area contributed by atoms with Gasteiger partial charge in [-0.2, -0.15) is 0 Å². The molecule has 1 aliphatic heterocycles. The van der Waals surface area contributed by atoms with Gasteiger partial charge in [0.25, 0.3) is 0 Å². The number of aliphatic imine (C=N–C) groups is 1. The lowest BCUT2D eigenvalue weighted by Crippen LogP contribution is -2.40. The fourth-order valence-electron chi connectivity index (χ4n) is 2.32. The van der Waals surface area contributed by atoms with Crippen LogP contribution in [0.5, 0.6) is 0 Å². The van der Waals surface area contributed by atoms with Gasteiger partial charge in [0, 0.05) is 24.7 Å². The summed E-state index contributed by atoms with van der Waals surface area (Å²) in [7, 11) is 6.66. The third-order valence-electron chi connectivity index (χ3n) is 3.53. The highest BCUT2D eigenvalue weighted by Crippen LogP contribution is 2.27. The van der Waals surface area contributed by atoms with Gasteiger partial charge in [-0.15, -0.1) is 0 Å². The fourth-order valence-corrected chi connectivity index (χ4v) is 2.32. The zero-order valence-corrected chi connectivity index (χ0v) is 12.1. The highest BCUT2D eigenvalue weighted by atomic mass is 15.3. The first-order chi connectivity index (χ1) is 8.89. The van der Waals surface area contributed by atoms with Gasteiger partial charge in [0.1, 0.15) is 0 Å². The molecule has 1 aromatic carbocycles. The van der Waals surface area contributed by atoms with Gasteiger partial charge < -0.3 is 10.2 Å². The Balaban J connectivity index is 2.10. The molecule has 0 aliphatic carbocycles. The quantitative estimate of drug-likeness (QED) is 0.638. The lowest BCUT2D eigenvalue weighted by Gasteiger charge is -2.30. The van der Waals surface area contributed by atoms with Crippen LogP contribution in [0.2, 0.25) is 0 Å². The van der Waals surface area contributed by atoms with Gasteiger partial charge in [-0.05, 0) is 23.8 Å². The van der Waals surface area contributed by atoms with Crippen molar-refractivity contribution in [3.63, 3.8) is 0 Å². The predicted octanol–water partition coefficient (Wildman–Crippen LogP) is 2.29. The van der Waals surface area contributed by atoms with Gasteiger partial charge >= 0.3 is 0 Å². The molecular weight excluding hydrogens is 234 g/mol. The van der Waals surface area contributed by atoms with E-state index in [9.17, 15) is 0 Å². The maximum absolute atomic E-state index is 5.74. The molecule has 3 heteroatoms. The molecule has 1 heterocycles. The molecule has 1 aromatic rings. The Hall–Kier alpha value is -1.61. The van der Waals surface area contributed by atoms with E-state index in [4.69, 9.17) is 10.7 Å². The van der Waals surface area contributed by atoms with Crippen molar-refractivity contribution < 1.29 is 4.48 Å². The third kappa shape index (κ3) is 3.93. The van der Waals surface area contributed by atoms with E-state index in [2.05, 4.69) is 45.4 Å². The molecule has 0 spiro atoms. The van der Waals surface area contributed by atoms with Gasteiger partial charge in [0.15, 0.2) is 0 Å². The number of nitrogens with zero attached hydrogens (tertiary/aromatic N) is 2. The van der Waals surface area contributed by atoms with Crippen LogP contribution in [0.25, 0.3) is 0 Å². The number of anilines is 1. The van der Waals surface area contributed by atoms with Crippen molar-refractivity contribution >= 4 is 11.9 Å². The van der Waals surface area contributed by atoms with Crippen molar-refractivity contribution in [3.05, 3.63) is 42.0 Å². The summed E-state index contributed by atoms with van der Waals surface area (Å²) in [6.45, 7) is 1.11. The summed E-state index contributed by atoms with van der Waals surface area (Å²) in [6, 6.07) is 8.13. The molecule has 3 nitrogen and oxygen atoms in total. The van der Waals surface area contributed by atoms with Crippen molar-refractivity contribution in [2.45, 2.75) is 18.4 Å². The molecule has 102 valence electrons. The summed E-state index contributed by atoms with van der Waals surface area (Å²) in [5.41, 5.74) is 7.78. The average molecular weight is 258 g/mol. The van der Waals surface area contributed by atoms with E-state index in [1.54, 1.807) is 0 Å². The largest absolute Gasteiger partial charge is 0.399 e. The Morgan fingerprint density at radius 2 is 1.84 bits per heavy atom. The van der Waals surface area contributed by atoms with Gasteiger partial charge in [0.2, 0.25) is 0 Å². The number of nitrogens with two attached hydrogens (primary N) is 1. The molecule has 2 rings (SSSR count). The van der Waals surface area contributed by atoms with Crippen LogP contribution in [0.15, 0.2) is 41.4 Å². The minimum atomic E-state index is -0.0678. The van der Waals surface area contributed by atoms with E-state index >= 15 is 0 Å². The Morgan fingerprint density at radius 3 is 2.37 bits per heavy atom.